The van der Waals surface area contributed by atoms with Crippen molar-refractivity contribution in [2.24, 2.45) is 0 Å². The van der Waals surface area contributed by atoms with E-state index in [2.05, 4.69) is 24.8 Å². The Balaban J connectivity index is 2.85. The van der Waals surface area contributed by atoms with Crippen LogP contribution >= 0.6 is 0 Å². The number of carbonyl (C=O) groups excluding carboxylic acids is 3. The molecule has 9 heteroatoms. The van der Waals surface area contributed by atoms with Gasteiger partial charge in [-0.15, -0.1) is 0 Å². The lowest BCUT2D eigenvalue weighted by Gasteiger charge is -2.04. The fraction of sp³-hybridized carbons (Fsp3) is 0.300. The van der Waals surface area contributed by atoms with Crippen LogP contribution in [0.1, 0.15) is 17.4 Å². The second kappa shape index (κ2) is 6.28. The number of hydrogen-bond acceptors (Lipinski definition) is 7. The van der Waals surface area contributed by atoms with Gasteiger partial charge in [-0.1, -0.05) is 0 Å². The Morgan fingerprint density at radius 2 is 2.11 bits per heavy atom. The number of hydrogen-bond donors (Lipinski definition) is 2. The lowest BCUT2D eigenvalue weighted by molar-refractivity contribution is -0.114. The van der Waals surface area contributed by atoms with Crippen LogP contribution in [-0.4, -0.2) is 41.5 Å². The Kier molecular flexibility index (Phi) is 4.75. The molecule has 0 unspecified atom stereocenters. The number of rotatable bonds is 4. The molecule has 0 aliphatic heterocycles. The molecule has 1 rings (SSSR count). The van der Waals surface area contributed by atoms with Gasteiger partial charge >= 0.3 is 6.16 Å². The lowest BCUT2D eigenvalue weighted by Crippen LogP contribution is -2.21. The summed E-state index contributed by atoms with van der Waals surface area (Å²) in [6, 6.07) is 0.925. The number of nitrogens with one attached hydrogen (secondary N) is 2. The maximum atomic E-state index is 11.6. The number of aromatic nitrogens is 2. The minimum absolute atomic E-state index is 0.165. The zero-order chi connectivity index (χ0) is 14.4. The topological polar surface area (TPSA) is 127 Å². The van der Waals surface area contributed by atoms with Gasteiger partial charge in [0.05, 0.1) is 7.11 Å². The molecule has 0 aliphatic carbocycles. The first-order chi connectivity index (χ1) is 8.92. The van der Waals surface area contributed by atoms with Gasteiger partial charge < -0.3 is 9.47 Å². The second-order valence-corrected chi connectivity index (χ2v) is 3.33. The molecular formula is C10H11N3O6. The van der Waals surface area contributed by atoms with E-state index in [0.29, 0.717) is 0 Å². The van der Waals surface area contributed by atoms with E-state index in [0.717, 1.165) is 13.2 Å². The molecule has 0 saturated carbocycles. The summed E-state index contributed by atoms with van der Waals surface area (Å²) >= 11 is 0. The Hall–Kier alpha value is -2.71. The Labute approximate surface area is 106 Å². The smallest absolute Gasteiger partial charge is 0.438 e. The molecular weight excluding hydrogens is 258 g/mol. The number of ketones is 1. The van der Waals surface area contributed by atoms with Crippen LogP contribution in [0.2, 0.25) is 0 Å². The molecule has 0 bridgehead atoms. The van der Waals surface area contributed by atoms with Crippen LogP contribution in [0.5, 0.6) is 0 Å². The lowest BCUT2D eigenvalue weighted by atomic mass is 10.3. The molecule has 9 nitrogen and oxygen atoms in total. The molecule has 0 atom stereocenters. The Bertz CT molecular complexity index is 565. The van der Waals surface area contributed by atoms with Gasteiger partial charge in [-0.05, 0) is 0 Å². The van der Waals surface area contributed by atoms with E-state index in [9.17, 15) is 19.2 Å². The summed E-state index contributed by atoms with van der Waals surface area (Å²) in [7, 11) is 1.09. The maximum Gasteiger partial charge on any atom is 0.508 e. The van der Waals surface area contributed by atoms with Crippen molar-refractivity contribution in [2.45, 2.75) is 6.92 Å². The second-order valence-electron chi connectivity index (χ2n) is 3.33. The van der Waals surface area contributed by atoms with Gasteiger partial charge in [-0.3, -0.25) is 24.7 Å². The van der Waals surface area contributed by atoms with Crippen molar-refractivity contribution in [2.75, 3.05) is 19.0 Å². The number of nitrogens with zero attached hydrogens (tertiary/aromatic N) is 1. The van der Waals surface area contributed by atoms with Gasteiger partial charge in [0.2, 0.25) is 17.6 Å². The molecule has 0 spiro atoms. The van der Waals surface area contributed by atoms with Crippen molar-refractivity contribution in [1.29, 1.82) is 0 Å². The van der Waals surface area contributed by atoms with E-state index >= 15 is 0 Å². The van der Waals surface area contributed by atoms with Crippen LogP contribution in [0.25, 0.3) is 0 Å². The summed E-state index contributed by atoms with van der Waals surface area (Å²) in [6.45, 7) is 0.595. The summed E-state index contributed by atoms with van der Waals surface area (Å²) in [5.74, 6) is -1.33. The first-order valence-electron chi connectivity index (χ1n) is 5.05. The third-order valence-corrected chi connectivity index (χ3v) is 1.81. The Morgan fingerprint density at radius 3 is 2.68 bits per heavy atom. The van der Waals surface area contributed by atoms with Crippen molar-refractivity contribution in [3.63, 3.8) is 0 Å². The van der Waals surface area contributed by atoms with Crippen molar-refractivity contribution in [3.8, 4) is 0 Å². The van der Waals surface area contributed by atoms with E-state index in [1.807, 2.05) is 0 Å². The predicted octanol–water partition coefficient (Wildman–Crippen LogP) is -0.306. The summed E-state index contributed by atoms with van der Waals surface area (Å²) in [4.78, 5) is 50.3. The highest BCUT2D eigenvalue weighted by molar-refractivity contribution is 5.96. The third kappa shape index (κ3) is 4.58. The molecule has 1 aromatic heterocycles. The van der Waals surface area contributed by atoms with Crippen molar-refractivity contribution < 1.29 is 23.9 Å². The first-order valence-corrected chi connectivity index (χ1v) is 5.05. The number of aromatic amines is 1. The van der Waals surface area contributed by atoms with Crippen LogP contribution < -0.4 is 10.9 Å². The maximum absolute atomic E-state index is 11.6. The molecule has 19 heavy (non-hydrogen) atoms. The Morgan fingerprint density at radius 1 is 1.42 bits per heavy atom. The van der Waals surface area contributed by atoms with E-state index < -0.39 is 30.0 Å². The first kappa shape index (κ1) is 14.4. The highest BCUT2D eigenvalue weighted by atomic mass is 16.7. The van der Waals surface area contributed by atoms with E-state index in [-0.39, 0.29) is 11.6 Å². The molecule has 0 radical (unpaired) electrons. The number of H-pyrrole nitrogens is 1. The van der Waals surface area contributed by atoms with Gasteiger partial charge in [0.25, 0.3) is 5.56 Å². The number of amides is 1. The summed E-state index contributed by atoms with van der Waals surface area (Å²) in [5.41, 5.74) is -0.864. The average molecular weight is 269 g/mol. The molecule has 102 valence electrons. The van der Waals surface area contributed by atoms with E-state index in [4.69, 9.17) is 0 Å². The van der Waals surface area contributed by atoms with Crippen LogP contribution in [0, 0.1) is 0 Å². The van der Waals surface area contributed by atoms with Crippen LogP contribution in [0.4, 0.5) is 10.7 Å². The molecule has 0 saturated heterocycles. The minimum Gasteiger partial charge on any atom is -0.438 e. The van der Waals surface area contributed by atoms with Gasteiger partial charge in [0.1, 0.15) is 5.69 Å². The molecule has 2 N–H and O–H groups in total. The number of carbonyl (C=O) groups is 3. The number of methoxy groups -OCH3 is 1. The normalized spacial score (nSPS) is 9.58. The van der Waals surface area contributed by atoms with Gasteiger partial charge in [0.15, 0.2) is 6.61 Å². The molecule has 1 amide bonds. The van der Waals surface area contributed by atoms with Gasteiger partial charge in [-0.2, -0.15) is 0 Å². The highest BCUT2D eigenvalue weighted by Crippen LogP contribution is 1.99. The van der Waals surface area contributed by atoms with Crippen molar-refractivity contribution in [3.05, 3.63) is 22.1 Å². The number of ether oxygens (including phenoxy) is 2. The monoisotopic (exact) mass is 269 g/mol. The van der Waals surface area contributed by atoms with E-state index in [1.165, 1.54) is 6.92 Å². The van der Waals surface area contributed by atoms with Gasteiger partial charge in [-0.25, -0.2) is 9.78 Å². The molecule has 1 heterocycles. The number of anilines is 1. The zero-order valence-corrected chi connectivity index (χ0v) is 10.2. The van der Waals surface area contributed by atoms with Crippen LogP contribution in [0.3, 0.4) is 0 Å². The standard InChI is InChI=1S/C10H11N3O6/c1-5(14)11-9-12-6(3-8(16)13-9)7(15)4-19-10(17)18-2/h3H,4H2,1-2H3,(H2,11,12,13,14,16). The van der Waals surface area contributed by atoms with Crippen LogP contribution in [-0.2, 0) is 14.3 Å². The summed E-state index contributed by atoms with van der Waals surface area (Å²) in [5, 5.41) is 2.23. The predicted molar refractivity (Wildman–Crippen MR) is 61.8 cm³/mol. The molecule has 1 aromatic rings. The fourth-order valence-corrected chi connectivity index (χ4v) is 1.08. The zero-order valence-electron chi connectivity index (χ0n) is 10.2. The summed E-state index contributed by atoms with van der Waals surface area (Å²) in [6.07, 6.45) is -1.03. The quantitative estimate of drug-likeness (QED) is 0.567. The molecule has 0 fully saturated rings. The van der Waals surface area contributed by atoms with Crippen molar-refractivity contribution in [1.82, 2.24) is 9.97 Å². The average Bonchev–Trinajstić information content (AvgIpc) is 2.33. The number of Topliss-reactive ketones (excluding diaryl/α,β-unsaturated/α-hetero) is 1. The minimum atomic E-state index is -1.03. The van der Waals surface area contributed by atoms with Crippen LogP contribution in [0.15, 0.2) is 10.9 Å². The molecule has 0 aliphatic rings. The SMILES string of the molecule is COC(=O)OCC(=O)c1cc(=O)[nH]c(NC(C)=O)n1. The molecule has 0 aromatic carbocycles. The van der Waals surface area contributed by atoms with Crippen molar-refractivity contribution >= 4 is 23.8 Å². The fourth-order valence-electron chi connectivity index (χ4n) is 1.08. The third-order valence-electron chi connectivity index (χ3n) is 1.81. The summed E-state index contributed by atoms with van der Waals surface area (Å²) < 4.78 is 8.60. The largest absolute Gasteiger partial charge is 0.508 e. The highest BCUT2D eigenvalue weighted by Gasteiger charge is 2.13. The van der Waals surface area contributed by atoms with Gasteiger partial charge in [0, 0.05) is 13.0 Å². The van der Waals surface area contributed by atoms with E-state index in [1.54, 1.807) is 0 Å².